The molecule has 0 aliphatic carbocycles. The van der Waals surface area contributed by atoms with E-state index < -0.39 is 0 Å². The van der Waals surface area contributed by atoms with Gasteiger partial charge in [0.05, 0.1) is 12.8 Å². The summed E-state index contributed by atoms with van der Waals surface area (Å²) in [5.41, 5.74) is 2.37. The number of hydrogen-bond donors (Lipinski definition) is 1. The molecule has 1 N–H and O–H groups in total. The summed E-state index contributed by atoms with van der Waals surface area (Å²) in [7, 11) is 1.59. The summed E-state index contributed by atoms with van der Waals surface area (Å²) >= 11 is 0. The van der Waals surface area contributed by atoms with E-state index in [0.717, 1.165) is 11.1 Å². The lowest BCUT2D eigenvalue weighted by molar-refractivity contribution is -0.117. The third-order valence-corrected chi connectivity index (χ3v) is 6.45. The van der Waals surface area contributed by atoms with Gasteiger partial charge in [-0.2, -0.15) is 0 Å². The van der Waals surface area contributed by atoms with Crippen LogP contribution in [0.2, 0.25) is 0 Å². The highest BCUT2D eigenvalue weighted by Crippen LogP contribution is 2.39. The molecule has 3 aromatic rings. The number of benzene rings is 3. The molecule has 1 aliphatic rings. The first kappa shape index (κ1) is 23.4. The number of carbonyl (C=O) groups is 2. The lowest BCUT2D eigenvalue weighted by Crippen LogP contribution is -2.46. The summed E-state index contributed by atoms with van der Waals surface area (Å²) in [5, 5.41) is 3.01. The molecule has 1 saturated heterocycles. The second-order valence-electron chi connectivity index (χ2n) is 8.60. The zero-order valence-corrected chi connectivity index (χ0v) is 19.4. The highest BCUT2D eigenvalue weighted by molar-refractivity contribution is 5.93. The van der Waals surface area contributed by atoms with Gasteiger partial charge in [0.2, 0.25) is 5.91 Å². The number of piperidine rings is 1. The standard InChI is InChI=1S/C28H30N2O4/c1-33-25-15-9-8-14-24(25)29-26(31)20-28(23-12-6-3-7-13-23)16-18-30(19-17-28)27(32)34-21-22-10-4-2-5-11-22/h2-15H,16-21H2,1H3,(H,29,31). The van der Waals surface area contributed by atoms with Crippen LogP contribution in [0.15, 0.2) is 84.9 Å². The van der Waals surface area contributed by atoms with Gasteiger partial charge in [-0.15, -0.1) is 0 Å². The van der Waals surface area contributed by atoms with E-state index in [1.54, 1.807) is 12.0 Å². The molecule has 176 valence electrons. The molecular formula is C28H30N2O4. The number of likely N-dealkylation sites (tertiary alicyclic amines) is 1. The van der Waals surface area contributed by atoms with Crippen LogP contribution in [0.4, 0.5) is 10.5 Å². The molecule has 34 heavy (non-hydrogen) atoms. The van der Waals surface area contributed by atoms with Crippen molar-refractivity contribution in [2.45, 2.75) is 31.3 Å². The molecule has 1 fully saturated rings. The van der Waals surface area contributed by atoms with Crippen LogP contribution in [0.3, 0.4) is 0 Å². The molecule has 0 spiro atoms. The number of ether oxygens (including phenoxy) is 2. The minimum absolute atomic E-state index is 0.0755. The second kappa shape index (κ2) is 10.9. The summed E-state index contributed by atoms with van der Waals surface area (Å²) in [6.07, 6.45) is 1.36. The van der Waals surface area contributed by atoms with Crippen molar-refractivity contribution in [2.75, 3.05) is 25.5 Å². The number of hydrogen-bond acceptors (Lipinski definition) is 4. The molecule has 0 atom stereocenters. The van der Waals surface area contributed by atoms with Crippen LogP contribution in [-0.4, -0.2) is 37.1 Å². The fourth-order valence-corrected chi connectivity index (χ4v) is 4.54. The fraction of sp³-hybridized carbons (Fsp3) is 0.286. The van der Waals surface area contributed by atoms with E-state index in [2.05, 4.69) is 17.4 Å². The zero-order valence-electron chi connectivity index (χ0n) is 19.4. The van der Waals surface area contributed by atoms with Gasteiger partial charge in [0.1, 0.15) is 12.4 Å². The summed E-state index contributed by atoms with van der Waals surface area (Å²) in [6.45, 7) is 1.32. The largest absolute Gasteiger partial charge is 0.495 e. The van der Waals surface area contributed by atoms with Gasteiger partial charge >= 0.3 is 6.09 Å². The van der Waals surface area contributed by atoms with Crippen molar-refractivity contribution in [1.82, 2.24) is 4.90 Å². The van der Waals surface area contributed by atoms with Crippen molar-refractivity contribution in [3.63, 3.8) is 0 Å². The maximum Gasteiger partial charge on any atom is 0.410 e. The Balaban J connectivity index is 1.43. The Morgan fingerprint density at radius 1 is 0.882 bits per heavy atom. The Bertz CT molecular complexity index is 1090. The molecule has 0 radical (unpaired) electrons. The van der Waals surface area contributed by atoms with Crippen molar-refractivity contribution in [2.24, 2.45) is 0 Å². The lowest BCUT2D eigenvalue weighted by atomic mass is 9.70. The van der Waals surface area contributed by atoms with Gasteiger partial charge in [-0.25, -0.2) is 4.79 Å². The molecule has 2 amide bonds. The van der Waals surface area contributed by atoms with Crippen LogP contribution in [0.1, 0.15) is 30.4 Å². The molecule has 1 heterocycles. The Morgan fingerprint density at radius 2 is 1.50 bits per heavy atom. The topological polar surface area (TPSA) is 67.9 Å². The monoisotopic (exact) mass is 458 g/mol. The van der Waals surface area contributed by atoms with E-state index in [1.807, 2.05) is 72.8 Å². The molecule has 0 bridgehead atoms. The van der Waals surface area contributed by atoms with Crippen molar-refractivity contribution in [1.29, 1.82) is 0 Å². The average Bonchev–Trinajstić information content (AvgIpc) is 2.89. The summed E-state index contributed by atoms with van der Waals surface area (Å²) in [4.78, 5) is 27.5. The second-order valence-corrected chi connectivity index (χ2v) is 8.60. The van der Waals surface area contributed by atoms with Crippen LogP contribution >= 0.6 is 0 Å². The van der Waals surface area contributed by atoms with Crippen LogP contribution in [0.5, 0.6) is 5.75 Å². The lowest BCUT2D eigenvalue weighted by Gasteiger charge is -2.41. The van der Waals surface area contributed by atoms with Gasteiger partial charge < -0.3 is 19.7 Å². The number of nitrogens with zero attached hydrogens (tertiary/aromatic N) is 1. The predicted octanol–water partition coefficient (Wildman–Crippen LogP) is 5.39. The molecule has 6 heteroatoms. The highest BCUT2D eigenvalue weighted by Gasteiger charge is 2.39. The van der Waals surface area contributed by atoms with Crippen molar-refractivity contribution in [3.8, 4) is 5.75 Å². The number of methoxy groups -OCH3 is 1. The molecule has 0 aromatic heterocycles. The molecule has 3 aromatic carbocycles. The van der Waals surface area contributed by atoms with Gasteiger partial charge in [0.25, 0.3) is 0 Å². The van der Waals surface area contributed by atoms with E-state index in [0.29, 0.717) is 43.8 Å². The minimum Gasteiger partial charge on any atom is -0.495 e. The highest BCUT2D eigenvalue weighted by atomic mass is 16.6. The molecule has 4 rings (SSSR count). The third-order valence-electron chi connectivity index (χ3n) is 6.45. The summed E-state index contributed by atoms with van der Waals surface area (Å²) in [6, 6.07) is 27.1. The number of amides is 2. The number of anilines is 1. The summed E-state index contributed by atoms with van der Waals surface area (Å²) in [5.74, 6) is 0.550. The Hall–Kier alpha value is -3.80. The molecule has 1 aliphatic heterocycles. The Labute approximate surface area is 200 Å². The van der Waals surface area contributed by atoms with E-state index in [9.17, 15) is 9.59 Å². The molecule has 0 unspecified atom stereocenters. The van der Waals surface area contributed by atoms with Crippen LogP contribution < -0.4 is 10.1 Å². The normalized spacial score (nSPS) is 14.8. The zero-order chi connectivity index (χ0) is 23.8. The van der Waals surface area contributed by atoms with Crippen molar-refractivity contribution >= 4 is 17.7 Å². The molecule has 0 saturated carbocycles. The number of carbonyl (C=O) groups excluding carboxylic acids is 2. The van der Waals surface area contributed by atoms with Crippen LogP contribution in [-0.2, 0) is 21.6 Å². The van der Waals surface area contributed by atoms with Gasteiger partial charge in [0, 0.05) is 24.9 Å². The van der Waals surface area contributed by atoms with E-state index in [-0.39, 0.29) is 24.0 Å². The molecule has 6 nitrogen and oxygen atoms in total. The first-order valence-electron chi connectivity index (χ1n) is 11.5. The quantitative estimate of drug-likeness (QED) is 0.515. The smallest absolute Gasteiger partial charge is 0.410 e. The maximum atomic E-state index is 13.1. The van der Waals surface area contributed by atoms with Gasteiger partial charge in [-0.05, 0) is 36.1 Å². The van der Waals surface area contributed by atoms with E-state index in [4.69, 9.17) is 9.47 Å². The number of rotatable bonds is 7. The van der Waals surface area contributed by atoms with Crippen LogP contribution in [0, 0.1) is 0 Å². The Morgan fingerprint density at radius 3 is 2.18 bits per heavy atom. The van der Waals surface area contributed by atoms with Crippen molar-refractivity contribution < 1.29 is 19.1 Å². The fourth-order valence-electron chi connectivity index (χ4n) is 4.54. The predicted molar refractivity (Wildman–Crippen MR) is 132 cm³/mol. The minimum atomic E-state index is -0.358. The van der Waals surface area contributed by atoms with Crippen LogP contribution in [0.25, 0.3) is 0 Å². The number of para-hydroxylation sites is 2. The maximum absolute atomic E-state index is 13.1. The average molecular weight is 459 g/mol. The van der Waals surface area contributed by atoms with Gasteiger partial charge in [-0.3, -0.25) is 4.79 Å². The van der Waals surface area contributed by atoms with Crippen molar-refractivity contribution in [3.05, 3.63) is 96.1 Å². The van der Waals surface area contributed by atoms with E-state index in [1.165, 1.54) is 0 Å². The third kappa shape index (κ3) is 5.57. The first-order chi connectivity index (χ1) is 16.6. The first-order valence-corrected chi connectivity index (χ1v) is 11.5. The van der Waals surface area contributed by atoms with E-state index >= 15 is 0 Å². The summed E-state index contributed by atoms with van der Waals surface area (Å²) < 4.78 is 10.9. The Kier molecular flexibility index (Phi) is 7.48. The number of nitrogens with one attached hydrogen (secondary N) is 1. The van der Waals surface area contributed by atoms with Gasteiger partial charge in [0.15, 0.2) is 0 Å². The molecular weight excluding hydrogens is 428 g/mol. The SMILES string of the molecule is COc1ccccc1NC(=O)CC1(c2ccccc2)CCN(C(=O)OCc2ccccc2)CC1. The van der Waals surface area contributed by atoms with Gasteiger partial charge in [-0.1, -0.05) is 72.8 Å².